The van der Waals surface area contributed by atoms with Gasteiger partial charge in [-0.25, -0.2) is 12.7 Å². The first-order valence-electron chi connectivity index (χ1n) is 7.42. The molecule has 3 rings (SSSR count). The van der Waals surface area contributed by atoms with Crippen molar-refractivity contribution in [3.05, 3.63) is 60.4 Å². The molecule has 0 bridgehead atoms. The Morgan fingerprint density at radius 2 is 1.60 bits per heavy atom. The summed E-state index contributed by atoms with van der Waals surface area (Å²) in [4.78, 5) is 20.9. The molecular formula is C17H16N4O3S. The van der Waals surface area contributed by atoms with Crippen LogP contribution in [0.25, 0.3) is 11.0 Å². The van der Waals surface area contributed by atoms with Crippen LogP contribution in [0.4, 0.5) is 5.69 Å². The second-order valence-electron chi connectivity index (χ2n) is 5.53. The summed E-state index contributed by atoms with van der Waals surface area (Å²) in [5.74, 6) is -0.309. The highest BCUT2D eigenvalue weighted by atomic mass is 32.2. The van der Waals surface area contributed by atoms with E-state index in [4.69, 9.17) is 0 Å². The van der Waals surface area contributed by atoms with Crippen LogP contribution in [0.3, 0.4) is 0 Å². The molecule has 0 saturated carbocycles. The van der Waals surface area contributed by atoms with E-state index in [1.54, 1.807) is 42.7 Å². The summed E-state index contributed by atoms with van der Waals surface area (Å²) in [5, 5.41) is 2.74. The van der Waals surface area contributed by atoms with Gasteiger partial charge in [-0.1, -0.05) is 0 Å². The van der Waals surface area contributed by atoms with Crippen LogP contribution in [0.15, 0.2) is 59.8 Å². The molecule has 0 radical (unpaired) electrons. The van der Waals surface area contributed by atoms with Crippen LogP contribution in [-0.2, 0) is 10.0 Å². The fourth-order valence-corrected chi connectivity index (χ4v) is 3.13. The Morgan fingerprint density at radius 3 is 2.24 bits per heavy atom. The van der Waals surface area contributed by atoms with Crippen LogP contribution in [-0.4, -0.2) is 42.7 Å². The monoisotopic (exact) mass is 356 g/mol. The predicted molar refractivity (Wildman–Crippen MR) is 94.8 cm³/mol. The van der Waals surface area contributed by atoms with Crippen LogP contribution >= 0.6 is 0 Å². The standard InChI is InChI=1S/C17H16N4O3S/c1-21(2)25(23,24)14-6-4-13(5-7-14)20-17(22)12-3-8-15-16(11-12)19-10-9-18-15/h3-11H,1-2H3,(H,20,22). The minimum absolute atomic E-state index is 0.163. The van der Waals surface area contributed by atoms with Crippen molar-refractivity contribution >= 4 is 32.7 Å². The summed E-state index contributed by atoms with van der Waals surface area (Å²) in [6.07, 6.45) is 3.15. The lowest BCUT2D eigenvalue weighted by atomic mass is 10.1. The Balaban J connectivity index is 1.80. The van der Waals surface area contributed by atoms with E-state index in [-0.39, 0.29) is 10.8 Å². The second kappa shape index (κ2) is 6.58. The van der Waals surface area contributed by atoms with Crippen LogP contribution in [0.1, 0.15) is 10.4 Å². The van der Waals surface area contributed by atoms with Gasteiger partial charge in [0.2, 0.25) is 10.0 Å². The number of carbonyl (C=O) groups is 1. The maximum atomic E-state index is 12.4. The Kier molecular flexibility index (Phi) is 4.47. The molecule has 128 valence electrons. The van der Waals surface area contributed by atoms with E-state index in [1.165, 1.54) is 26.2 Å². The maximum Gasteiger partial charge on any atom is 0.255 e. The van der Waals surface area contributed by atoms with Crippen LogP contribution in [0.5, 0.6) is 0 Å². The third kappa shape index (κ3) is 3.49. The lowest BCUT2D eigenvalue weighted by Gasteiger charge is -2.12. The molecule has 1 aromatic heterocycles. The Hall–Kier alpha value is -2.84. The minimum atomic E-state index is -3.49. The van der Waals surface area contributed by atoms with Crippen molar-refractivity contribution in [2.45, 2.75) is 4.90 Å². The average molecular weight is 356 g/mol. The molecule has 0 fully saturated rings. The van der Waals surface area contributed by atoms with Crippen molar-refractivity contribution in [1.29, 1.82) is 0 Å². The number of hydrogen-bond acceptors (Lipinski definition) is 5. The summed E-state index contributed by atoms with van der Waals surface area (Å²) in [6, 6.07) is 11.1. The number of sulfonamides is 1. The summed E-state index contributed by atoms with van der Waals surface area (Å²) < 4.78 is 25.2. The van der Waals surface area contributed by atoms with Crippen LogP contribution in [0, 0.1) is 0 Å². The molecule has 0 unspecified atom stereocenters. The Morgan fingerprint density at radius 1 is 0.960 bits per heavy atom. The maximum absolute atomic E-state index is 12.4. The Labute approximate surface area is 145 Å². The molecule has 0 aliphatic heterocycles. The molecule has 1 heterocycles. The smallest absolute Gasteiger partial charge is 0.255 e. The SMILES string of the molecule is CN(C)S(=O)(=O)c1ccc(NC(=O)c2ccc3nccnc3c2)cc1. The van der Waals surface area contributed by atoms with E-state index in [0.29, 0.717) is 22.3 Å². The first-order valence-corrected chi connectivity index (χ1v) is 8.86. The lowest BCUT2D eigenvalue weighted by Crippen LogP contribution is -2.22. The number of nitrogens with one attached hydrogen (secondary N) is 1. The van der Waals surface area contributed by atoms with Gasteiger partial charge in [0.05, 0.1) is 15.9 Å². The third-order valence-electron chi connectivity index (χ3n) is 3.62. The van der Waals surface area contributed by atoms with E-state index < -0.39 is 10.0 Å². The van der Waals surface area contributed by atoms with Crippen molar-refractivity contribution in [1.82, 2.24) is 14.3 Å². The quantitative estimate of drug-likeness (QED) is 0.773. The number of benzene rings is 2. The fourth-order valence-electron chi connectivity index (χ4n) is 2.23. The molecule has 0 spiro atoms. The zero-order valence-corrected chi connectivity index (χ0v) is 14.5. The number of hydrogen-bond donors (Lipinski definition) is 1. The largest absolute Gasteiger partial charge is 0.322 e. The second-order valence-corrected chi connectivity index (χ2v) is 7.68. The summed E-state index contributed by atoms with van der Waals surface area (Å²) in [6.45, 7) is 0. The molecule has 0 saturated heterocycles. The van der Waals surface area contributed by atoms with Crippen molar-refractivity contribution in [3.63, 3.8) is 0 Å². The van der Waals surface area contributed by atoms with Gasteiger partial charge in [-0.3, -0.25) is 14.8 Å². The van der Waals surface area contributed by atoms with Gasteiger partial charge in [-0.2, -0.15) is 0 Å². The predicted octanol–water partition coefficient (Wildman–Crippen LogP) is 2.13. The fraction of sp³-hybridized carbons (Fsp3) is 0.118. The van der Waals surface area contributed by atoms with Gasteiger partial charge in [0.1, 0.15) is 0 Å². The number of carbonyl (C=O) groups excluding carboxylic acids is 1. The van der Waals surface area contributed by atoms with E-state index in [1.807, 2.05) is 0 Å². The summed E-state index contributed by atoms with van der Waals surface area (Å²) in [7, 11) is -0.561. The molecule has 0 aliphatic rings. The van der Waals surface area contributed by atoms with E-state index >= 15 is 0 Å². The van der Waals surface area contributed by atoms with Gasteiger partial charge in [-0.15, -0.1) is 0 Å². The van der Waals surface area contributed by atoms with Gasteiger partial charge in [0, 0.05) is 37.7 Å². The molecule has 0 atom stereocenters. The van der Waals surface area contributed by atoms with Crippen LogP contribution < -0.4 is 5.32 Å². The van der Waals surface area contributed by atoms with Crippen molar-refractivity contribution < 1.29 is 13.2 Å². The zero-order chi connectivity index (χ0) is 18.0. The Bertz CT molecular complexity index is 1030. The van der Waals surface area contributed by atoms with Crippen molar-refractivity contribution in [2.24, 2.45) is 0 Å². The average Bonchev–Trinajstić information content (AvgIpc) is 2.61. The molecule has 7 nitrogen and oxygen atoms in total. The van der Waals surface area contributed by atoms with Gasteiger partial charge in [0.25, 0.3) is 5.91 Å². The molecule has 25 heavy (non-hydrogen) atoms. The highest BCUT2D eigenvalue weighted by Crippen LogP contribution is 2.18. The molecule has 3 aromatic rings. The van der Waals surface area contributed by atoms with E-state index in [2.05, 4.69) is 15.3 Å². The topological polar surface area (TPSA) is 92.3 Å². The van der Waals surface area contributed by atoms with Crippen LogP contribution in [0.2, 0.25) is 0 Å². The number of nitrogens with zero attached hydrogens (tertiary/aromatic N) is 3. The van der Waals surface area contributed by atoms with Gasteiger partial charge in [-0.05, 0) is 42.5 Å². The summed E-state index contributed by atoms with van der Waals surface area (Å²) in [5.41, 5.74) is 2.28. The molecule has 0 aliphatic carbocycles. The molecule has 2 aromatic carbocycles. The van der Waals surface area contributed by atoms with Gasteiger partial charge >= 0.3 is 0 Å². The first-order chi connectivity index (χ1) is 11.9. The molecule has 1 N–H and O–H groups in total. The highest BCUT2D eigenvalue weighted by Gasteiger charge is 2.17. The molecular weight excluding hydrogens is 340 g/mol. The van der Waals surface area contributed by atoms with Gasteiger partial charge in [0.15, 0.2) is 0 Å². The molecule has 1 amide bonds. The molecule has 8 heteroatoms. The number of anilines is 1. The number of rotatable bonds is 4. The van der Waals surface area contributed by atoms with E-state index in [9.17, 15) is 13.2 Å². The summed E-state index contributed by atoms with van der Waals surface area (Å²) >= 11 is 0. The van der Waals surface area contributed by atoms with Crippen molar-refractivity contribution in [2.75, 3.05) is 19.4 Å². The number of aromatic nitrogens is 2. The number of amides is 1. The van der Waals surface area contributed by atoms with Gasteiger partial charge < -0.3 is 5.32 Å². The van der Waals surface area contributed by atoms with E-state index in [0.717, 1.165) is 4.31 Å². The normalized spacial score (nSPS) is 11.6. The van der Waals surface area contributed by atoms with Crippen molar-refractivity contribution in [3.8, 4) is 0 Å². The minimum Gasteiger partial charge on any atom is -0.322 e. The zero-order valence-electron chi connectivity index (χ0n) is 13.7. The lowest BCUT2D eigenvalue weighted by molar-refractivity contribution is 0.102. The third-order valence-corrected chi connectivity index (χ3v) is 5.45. The number of fused-ring (bicyclic) bond motifs is 1. The highest BCUT2D eigenvalue weighted by molar-refractivity contribution is 7.89. The first kappa shape index (κ1) is 17.0.